The van der Waals surface area contributed by atoms with E-state index in [0.29, 0.717) is 28.6 Å². The van der Waals surface area contributed by atoms with Gasteiger partial charge in [-0.3, -0.25) is 4.79 Å². The van der Waals surface area contributed by atoms with Gasteiger partial charge >= 0.3 is 0 Å². The van der Waals surface area contributed by atoms with E-state index in [-0.39, 0.29) is 18.6 Å². The fourth-order valence-electron chi connectivity index (χ4n) is 3.46. The number of carbonyl (C=O) groups excluding carboxylic acids is 1. The second kappa shape index (κ2) is 6.37. The second-order valence-electron chi connectivity index (χ2n) is 6.23. The van der Waals surface area contributed by atoms with E-state index in [2.05, 4.69) is 11.1 Å². The topological polar surface area (TPSA) is 56.3 Å². The maximum atomic E-state index is 13.0. The number of fused-ring (bicyclic) bond motifs is 3. The summed E-state index contributed by atoms with van der Waals surface area (Å²) in [6.07, 6.45) is 0.614. The van der Waals surface area contributed by atoms with Crippen LogP contribution in [0.1, 0.15) is 21.6 Å². The van der Waals surface area contributed by atoms with Gasteiger partial charge < -0.3 is 15.0 Å². The molecule has 0 radical (unpaired) electrons. The molecule has 0 bridgehead atoms. The SMILES string of the molecule is O=C(c1ccc(Cl)c(Cl)c1)N1Cc2[nH]c3ccccc3c2CC1CO. The molecule has 1 aliphatic rings. The third-order valence-electron chi connectivity index (χ3n) is 4.75. The standard InChI is InChI=1S/C19H16Cl2N2O2/c20-15-6-5-11(7-16(15)21)19(25)23-9-18-14(8-12(23)10-24)13-3-1-2-4-17(13)22-18/h1-7,12,22,24H,8-10H2. The number of halogens is 2. The van der Waals surface area contributed by atoms with Crippen LogP contribution in [-0.4, -0.2) is 33.5 Å². The first-order valence-corrected chi connectivity index (χ1v) is 8.79. The lowest BCUT2D eigenvalue weighted by Gasteiger charge is -2.35. The molecule has 4 rings (SSSR count). The van der Waals surface area contributed by atoms with Gasteiger partial charge in [0.05, 0.1) is 29.2 Å². The fraction of sp³-hybridized carbons (Fsp3) is 0.211. The van der Waals surface area contributed by atoms with Gasteiger partial charge in [-0.05, 0) is 36.2 Å². The van der Waals surface area contributed by atoms with Crippen molar-refractivity contribution < 1.29 is 9.90 Å². The molecule has 0 saturated heterocycles. The predicted octanol–water partition coefficient (Wildman–Crippen LogP) is 4.03. The number of H-pyrrole nitrogens is 1. The molecule has 2 heterocycles. The maximum Gasteiger partial charge on any atom is 0.254 e. The minimum absolute atomic E-state index is 0.0913. The zero-order valence-corrected chi connectivity index (χ0v) is 14.8. The number of nitrogens with one attached hydrogen (secondary N) is 1. The second-order valence-corrected chi connectivity index (χ2v) is 7.04. The number of rotatable bonds is 2. The van der Waals surface area contributed by atoms with Crippen LogP contribution in [0.15, 0.2) is 42.5 Å². The monoisotopic (exact) mass is 374 g/mol. The third kappa shape index (κ3) is 2.80. The Morgan fingerprint density at radius 3 is 2.76 bits per heavy atom. The molecule has 1 amide bonds. The lowest BCUT2D eigenvalue weighted by atomic mass is 9.96. The normalized spacial score (nSPS) is 16.9. The average Bonchev–Trinajstić information content (AvgIpc) is 2.99. The summed E-state index contributed by atoms with van der Waals surface area (Å²) in [6, 6.07) is 12.6. The highest BCUT2D eigenvalue weighted by Gasteiger charge is 2.32. The Balaban J connectivity index is 1.72. The summed E-state index contributed by atoms with van der Waals surface area (Å²) in [5.74, 6) is -0.165. The van der Waals surface area contributed by atoms with Crippen LogP contribution in [0.3, 0.4) is 0 Å². The number of aromatic amines is 1. The molecule has 0 aliphatic carbocycles. The van der Waals surface area contributed by atoms with Gasteiger partial charge in [-0.2, -0.15) is 0 Å². The largest absolute Gasteiger partial charge is 0.394 e. The van der Waals surface area contributed by atoms with Gasteiger partial charge in [-0.15, -0.1) is 0 Å². The van der Waals surface area contributed by atoms with Crippen molar-refractivity contribution in [2.45, 2.75) is 19.0 Å². The molecule has 2 aromatic carbocycles. The Morgan fingerprint density at radius 2 is 2.00 bits per heavy atom. The summed E-state index contributed by atoms with van der Waals surface area (Å²) in [6.45, 7) is 0.334. The molecule has 1 unspecified atom stereocenters. The van der Waals surface area contributed by atoms with E-state index in [0.717, 1.165) is 16.6 Å². The van der Waals surface area contributed by atoms with Crippen molar-refractivity contribution in [1.82, 2.24) is 9.88 Å². The van der Waals surface area contributed by atoms with E-state index >= 15 is 0 Å². The molecule has 2 N–H and O–H groups in total. The number of benzene rings is 2. The number of carbonyl (C=O) groups is 1. The number of hydrogen-bond acceptors (Lipinski definition) is 2. The van der Waals surface area contributed by atoms with E-state index < -0.39 is 0 Å². The van der Waals surface area contributed by atoms with E-state index in [4.69, 9.17) is 23.2 Å². The van der Waals surface area contributed by atoms with Crippen LogP contribution in [0.5, 0.6) is 0 Å². The Hall–Kier alpha value is -2.01. The zero-order valence-electron chi connectivity index (χ0n) is 13.3. The molecule has 4 nitrogen and oxygen atoms in total. The van der Waals surface area contributed by atoms with Crippen LogP contribution in [0.4, 0.5) is 0 Å². The average molecular weight is 375 g/mol. The number of aliphatic hydroxyl groups is 1. The Kier molecular flexibility index (Phi) is 4.20. The number of hydrogen-bond donors (Lipinski definition) is 2. The minimum atomic E-state index is -0.270. The van der Waals surface area contributed by atoms with Crippen molar-refractivity contribution in [3.63, 3.8) is 0 Å². The molecular weight excluding hydrogens is 359 g/mol. The van der Waals surface area contributed by atoms with Crippen molar-refractivity contribution >= 4 is 40.0 Å². The van der Waals surface area contributed by atoms with Crippen LogP contribution in [-0.2, 0) is 13.0 Å². The Labute approximate surface area is 155 Å². The Bertz CT molecular complexity index is 967. The molecule has 6 heteroatoms. The molecule has 1 atom stereocenters. The van der Waals surface area contributed by atoms with E-state index in [1.165, 1.54) is 5.56 Å². The highest BCUT2D eigenvalue weighted by Crippen LogP contribution is 2.31. The Morgan fingerprint density at radius 1 is 1.20 bits per heavy atom. The van der Waals surface area contributed by atoms with Gasteiger partial charge in [0.2, 0.25) is 0 Å². The molecule has 1 aromatic heterocycles. The molecule has 3 aromatic rings. The lowest BCUT2D eigenvalue weighted by Crippen LogP contribution is -2.46. The first kappa shape index (κ1) is 16.5. The summed E-state index contributed by atoms with van der Waals surface area (Å²) in [4.78, 5) is 18.0. The number of para-hydroxylation sites is 1. The highest BCUT2D eigenvalue weighted by atomic mass is 35.5. The third-order valence-corrected chi connectivity index (χ3v) is 5.49. The summed E-state index contributed by atoms with van der Waals surface area (Å²) < 4.78 is 0. The van der Waals surface area contributed by atoms with Gasteiger partial charge in [-0.25, -0.2) is 0 Å². The maximum absolute atomic E-state index is 13.0. The molecule has 128 valence electrons. The molecule has 0 saturated carbocycles. The van der Waals surface area contributed by atoms with Gasteiger partial charge in [0.1, 0.15) is 0 Å². The molecule has 0 spiro atoms. The number of aromatic nitrogens is 1. The van der Waals surface area contributed by atoms with Crippen LogP contribution in [0.2, 0.25) is 10.0 Å². The molecule has 0 fully saturated rings. The predicted molar refractivity (Wildman–Crippen MR) is 99.2 cm³/mol. The smallest absolute Gasteiger partial charge is 0.254 e. The number of amides is 1. The van der Waals surface area contributed by atoms with Gasteiger partial charge in [-0.1, -0.05) is 41.4 Å². The van der Waals surface area contributed by atoms with E-state index in [1.54, 1.807) is 23.1 Å². The number of nitrogens with zero attached hydrogens (tertiary/aromatic N) is 1. The summed E-state index contributed by atoms with van der Waals surface area (Å²) in [5.41, 5.74) is 3.70. The van der Waals surface area contributed by atoms with Crippen molar-refractivity contribution in [2.24, 2.45) is 0 Å². The first-order valence-electron chi connectivity index (χ1n) is 8.04. The fourth-order valence-corrected chi connectivity index (χ4v) is 3.76. The van der Waals surface area contributed by atoms with Crippen LogP contribution < -0.4 is 0 Å². The summed E-state index contributed by atoms with van der Waals surface area (Å²) >= 11 is 12.0. The van der Waals surface area contributed by atoms with E-state index in [9.17, 15) is 9.90 Å². The minimum Gasteiger partial charge on any atom is -0.394 e. The molecule has 25 heavy (non-hydrogen) atoms. The van der Waals surface area contributed by atoms with Gasteiger partial charge in [0.25, 0.3) is 5.91 Å². The van der Waals surface area contributed by atoms with Crippen molar-refractivity contribution in [1.29, 1.82) is 0 Å². The summed E-state index contributed by atoms with van der Waals surface area (Å²) in [7, 11) is 0. The molecular formula is C19H16Cl2N2O2. The molecule has 1 aliphatic heterocycles. The number of aliphatic hydroxyl groups excluding tert-OH is 1. The van der Waals surface area contributed by atoms with Crippen molar-refractivity contribution in [2.75, 3.05) is 6.61 Å². The van der Waals surface area contributed by atoms with Crippen LogP contribution in [0.25, 0.3) is 10.9 Å². The van der Waals surface area contributed by atoms with Crippen molar-refractivity contribution in [3.05, 3.63) is 69.3 Å². The van der Waals surface area contributed by atoms with E-state index in [1.807, 2.05) is 18.2 Å². The van der Waals surface area contributed by atoms with Crippen LogP contribution in [0, 0.1) is 0 Å². The highest BCUT2D eigenvalue weighted by molar-refractivity contribution is 6.42. The van der Waals surface area contributed by atoms with Gasteiger partial charge in [0.15, 0.2) is 0 Å². The van der Waals surface area contributed by atoms with Crippen LogP contribution >= 0.6 is 23.2 Å². The van der Waals surface area contributed by atoms with Crippen molar-refractivity contribution in [3.8, 4) is 0 Å². The first-order chi connectivity index (χ1) is 12.1. The van der Waals surface area contributed by atoms with Gasteiger partial charge in [0, 0.05) is 22.2 Å². The zero-order chi connectivity index (χ0) is 17.6. The lowest BCUT2D eigenvalue weighted by molar-refractivity contribution is 0.0541. The summed E-state index contributed by atoms with van der Waals surface area (Å²) in [5, 5.41) is 11.7. The quantitative estimate of drug-likeness (QED) is 0.711.